The van der Waals surface area contributed by atoms with Crippen molar-refractivity contribution in [2.24, 2.45) is 0 Å². The number of hydrogen-bond acceptors (Lipinski definition) is 2. The monoisotopic (exact) mass is 350 g/mol. The number of halogens is 1. The quantitative estimate of drug-likeness (QED) is 0.650. The number of rotatable bonds is 4. The highest BCUT2D eigenvalue weighted by Gasteiger charge is 2.23. The lowest BCUT2D eigenvalue weighted by molar-refractivity contribution is -0.116. The number of nitrogen functional groups attached to an aromatic ring is 1. The van der Waals surface area contributed by atoms with Crippen LogP contribution >= 0.6 is 11.6 Å². The summed E-state index contributed by atoms with van der Waals surface area (Å²) in [4.78, 5) is 13.1. The fourth-order valence-electron chi connectivity index (χ4n) is 2.80. The van der Waals surface area contributed by atoms with Crippen LogP contribution in [0.2, 0.25) is 5.02 Å². The Balaban J connectivity index is 1.97. The van der Waals surface area contributed by atoms with Crippen LogP contribution in [0.15, 0.2) is 72.8 Å². The Morgan fingerprint density at radius 1 is 0.960 bits per heavy atom. The molecule has 0 aliphatic heterocycles. The van der Waals surface area contributed by atoms with Gasteiger partial charge in [-0.3, -0.25) is 4.79 Å². The molecule has 0 aliphatic carbocycles. The predicted molar refractivity (Wildman–Crippen MR) is 104 cm³/mol. The van der Waals surface area contributed by atoms with Crippen LogP contribution in [-0.2, 0) is 4.79 Å². The van der Waals surface area contributed by atoms with Crippen molar-refractivity contribution >= 4 is 28.9 Å². The van der Waals surface area contributed by atoms with Gasteiger partial charge in [-0.25, -0.2) is 0 Å². The summed E-state index contributed by atoms with van der Waals surface area (Å²) in [6.07, 6.45) is 0. The molecule has 3 aromatic carbocycles. The van der Waals surface area contributed by atoms with Gasteiger partial charge in [0.25, 0.3) is 0 Å². The van der Waals surface area contributed by atoms with Gasteiger partial charge in [0, 0.05) is 5.02 Å². The Hall–Kier alpha value is -2.78. The number of hydrogen-bond donors (Lipinski definition) is 2. The van der Waals surface area contributed by atoms with E-state index in [9.17, 15) is 4.79 Å². The minimum Gasteiger partial charge on any atom is -0.397 e. The predicted octanol–water partition coefficient (Wildman–Crippen LogP) is 5.00. The third kappa shape index (κ3) is 3.83. The van der Waals surface area contributed by atoms with Gasteiger partial charge in [-0.05, 0) is 35.7 Å². The molecule has 3 N–H and O–H groups in total. The first-order valence-electron chi connectivity index (χ1n) is 8.02. The van der Waals surface area contributed by atoms with E-state index >= 15 is 0 Å². The number of carbonyl (C=O) groups excluding carboxylic acids is 1. The summed E-state index contributed by atoms with van der Waals surface area (Å²) in [6, 6.07) is 22.8. The second kappa shape index (κ2) is 7.41. The summed E-state index contributed by atoms with van der Waals surface area (Å²) in [5, 5.41) is 3.50. The van der Waals surface area contributed by atoms with E-state index in [0.29, 0.717) is 16.4 Å². The molecule has 1 amide bonds. The zero-order chi connectivity index (χ0) is 17.8. The topological polar surface area (TPSA) is 55.1 Å². The van der Waals surface area contributed by atoms with Crippen LogP contribution in [0.25, 0.3) is 0 Å². The lowest BCUT2D eigenvalue weighted by Gasteiger charge is -2.19. The Labute approximate surface area is 152 Å². The molecule has 3 aromatic rings. The molecule has 0 atom stereocenters. The third-order valence-electron chi connectivity index (χ3n) is 4.12. The lowest BCUT2D eigenvalue weighted by Crippen LogP contribution is -2.22. The van der Waals surface area contributed by atoms with Crippen molar-refractivity contribution in [2.45, 2.75) is 12.8 Å². The molecular weight excluding hydrogens is 332 g/mol. The first-order valence-corrected chi connectivity index (χ1v) is 8.40. The maximum absolute atomic E-state index is 13.1. The van der Waals surface area contributed by atoms with Gasteiger partial charge < -0.3 is 11.1 Å². The molecule has 0 bridgehead atoms. The molecule has 3 nitrogen and oxygen atoms in total. The van der Waals surface area contributed by atoms with Crippen molar-refractivity contribution in [3.63, 3.8) is 0 Å². The second-order valence-electron chi connectivity index (χ2n) is 5.93. The van der Waals surface area contributed by atoms with Gasteiger partial charge in [0.15, 0.2) is 0 Å². The maximum atomic E-state index is 13.1. The van der Waals surface area contributed by atoms with Crippen molar-refractivity contribution in [3.05, 3.63) is 94.5 Å². The summed E-state index contributed by atoms with van der Waals surface area (Å²) in [7, 11) is 0. The molecular formula is C21H19ClN2O. The molecule has 0 radical (unpaired) electrons. The number of aryl methyl sites for hydroxylation is 1. The summed E-state index contributed by atoms with van der Waals surface area (Å²) in [5.41, 5.74) is 9.78. The Kier molecular flexibility index (Phi) is 5.05. The summed E-state index contributed by atoms with van der Waals surface area (Å²) in [5.74, 6) is -0.578. The standard InChI is InChI=1S/C21H19ClN2O/c1-14-12-18(23)19(13-17(14)22)24-21(25)20(15-8-4-2-5-9-15)16-10-6-3-7-11-16/h2-13,20H,23H2,1H3,(H,24,25). The molecule has 0 fully saturated rings. The second-order valence-corrected chi connectivity index (χ2v) is 6.34. The average Bonchev–Trinajstić information content (AvgIpc) is 2.62. The van der Waals surface area contributed by atoms with Crippen molar-refractivity contribution in [1.82, 2.24) is 0 Å². The first-order chi connectivity index (χ1) is 12.1. The van der Waals surface area contributed by atoms with Gasteiger partial charge in [0.2, 0.25) is 5.91 Å². The number of benzene rings is 3. The SMILES string of the molecule is Cc1cc(N)c(NC(=O)C(c2ccccc2)c2ccccc2)cc1Cl. The first kappa shape index (κ1) is 17.1. The molecule has 126 valence electrons. The van der Waals surface area contributed by atoms with Crippen LogP contribution in [0.1, 0.15) is 22.6 Å². The van der Waals surface area contributed by atoms with Gasteiger partial charge >= 0.3 is 0 Å². The summed E-state index contributed by atoms with van der Waals surface area (Å²) < 4.78 is 0. The number of nitrogens with two attached hydrogens (primary N) is 1. The van der Waals surface area contributed by atoms with Gasteiger partial charge in [0.05, 0.1) is 17.3 Å². The Morgan fingerprint density at radius 3 is 2.00 bits per heavy atom. The molecule has 0 spiro atoms. The molecule has 0 saturated heterocycles. The molecule has 0 heterocycles. The molecule has 3 rings (SSSR count). The van der Waals surface area contributed by atoms with E-state index in [1.165, 1.54) is 0 Å². The minimum atomic E-state index is -0.429. The van der Waals surface area contributed by atoms with Crippen LogP contribution in [0, 0.1) is 6.92 Å². The van der Waals surface area contributed by atoms with Gasteiger partial charge in [-0.15, -0.1) is 0 Å². The fourth-order valence-corrected chi connectivity index (χ4v) is 2.97. The van der Waals surface area contributed by atoms with E-state index in [4.69, 9.17) is 17.3 Å². The van der Waals surface area contributed by atoms with E-state index in [1.807, 2.05) is 67.6 Å². The van der Waals surface area contributed by atoms with Crippen LogP contribution in [0.5, 0.6) is 0 Å². The maximum Gasteiger partial charge on any atom is 0.236 e. The van der Waals surface area contributed by atoms with E-state index in [1.54, 1.807) is 12.1 Å². The largest absolute Gasteiger partial charge is 0.397 e. The molecule has 0 unspecified atom stereocenters. The molecule has 25 heavy (non-hydrogen) atoms. The molecule has 0 aliphatic rings. The van der Waals surface area contributed by atoms with Crippen LogP contribution < -0.4 is 11.1 Å². The van der Waals surface area contributed by atoms with Crippen LogP contribution in [0.4, 0.5) is 11.4 Å². The van der Waals surface area contributed by atoms with Crippen LogP contribution in [-0.4, -0.2) is 5.91 Å². The highest BCUT2D eigenvalue weighted by Crippen LogP contribution is 2.30. The van der Waals surface area contributed by atoms with Crippen molar-refractivity contribution < 1.29 is 4.79 Å². The number of carbonyl (C=O) groups is 1. The van der Waals surface area contributed by atoms with Gasteiger partial charge in [-0.2, -0.15) is 0 Å². The normalized spacial score (nSPS) is 10.7. The number of amides is 1. The fraction of sp³-hybridized carbons (Fsp3) is 0.0952. The summed E-state index contributed by atoms with van der Waals surface area (Å²) in [6.45, 7) is 1.88. The molecule has 4 heteroatoms. The van der Waals surface area contributed by atoms with Crippen molar-refractivity contribution in [3.8, 4) is 0 Å². The lowest BCUT2D eigenvalue weighted by atomic mass is 9.90. The number of anilines is 2. The summed E-state index contributed by atoms with van der Waals surface area (Å²) >= 11 is 6.18. The molecule has 0 aromatic heterocycles. The zero-order valence-corrected chi connectivity index (χ0v) is 14.6. The number of nitrogens with one attached hydrogen (secondary N) is 1. The highest BCUT2D eigenvalue weighted by molar-refractivity contribution is 6.31. The van der Waals surface area contributed by atoms with E-state index in [0.717, 1.165) is 16.7 Å². The van der Waals surface area contributed by atoms with Crippen LogP contribution in [0.3, 0.4) is 0 Å². The Bertz CT molecular complexity index is 840. The highest BCUT2D eigenvalue weighted by atomic mass is 35.5. The minimum absolute atomic E-state index is 0.149. The average molecular weight is 351 g/mol. The van der Waals surface area contributed by atoms with E-state index < -0.39 is 5.92 Å². The zero-order valence-electron chi connectivity index (χ0n) is 13.9. The van der Waals surface area contributed by atoms with Crippen molar-refractivity contribution in [1.29, 1.82) is 0 Å². The molecule has 0 saturated carbocycles. The van der Waals surface area contributed by atoms with Crippen molar-refractivity contribution in [2.75, 3.05) is 11.1 Å². The van der Waals surface area contributed by atoms with Gasteiger partial charge in [-0.1, -0.05) is 72.3 Å². The smallest absolute Gasteiger partial charge is 0.236 e. The van der Waals surface area contributed by atoms with E-state index in [2.05, 4.69) is 5.32 Å². The van der Waals surface area contributed by atoms with Gasteiger partial charge in [0.1, 0.15) is 0 Å². The third-order valence-corrected chi connectivity index (χ3v) is 4.52. The van der Waals surface area contributed by atoms with E-state index in [-0.39, 0.29) is 5.91 Å². The Morgan fingerprint density at radius 2 is 1.48 bits per heavy atom.